The van der Waals surface area contributed by atoms with Crippen LogP contribution in [-0.2, 0) is 19.7 Å². The second-order valence-electron chi connectivity index (χ2n) is 8.83. The van der Waals surface area contributed by atoms with Crippen LogP contribution in [0.5, 0.6) is 0 Å². The molecule has 2 aliphatic carbocycles. The smallest absolute Gasteiger partial charge is 0.311 e. The Morgan fingerprint density at radius 1 is 0.800 bits per heavy atom. The lowest BCUT2D eigenvalue weighted by molar-refractivity contribution is -0.146. The molecule has 6 rings (SSSR count). The van der Waals surface area contributed by atoms with Crippen LogP contribution in [0.2, 0.25) is 0 Å². The molecule has 1 fully saturated rings. The second kappa shape index (κ2) is 7.06. The molecule has 2 unspecified atom stereocenters. The Morgan fingerprint density at radius 3 is 2.00 bits per heavy atom. The topological polar surface area (TPSA) is 97.8 Å². The van der Waals surface area contributed by atoms with Crippen molar-refractivity contribution in [1.82, 2.24) is 0 Å². The van der Waals surface area contributed by atoms with Gasteiger partial charge in [0.05, 0.1) is 18.2 Å². The number of ether oxygens (including phenoxy) is 1. The molecule has 35 heavy (non-hydrogen) atoms. The SMILES string of the molecule is CCOC(=O)C1C2(C(=O)c3ccccc3C2=O)C12C(=O)N(C(=O)c1ccccc1)c1ccccc12. The molecule has 0 radical (unpaired) electrons. The van der Waals surface area contributed by atoms with Crippen molar-refractivity contribution in [2.75, 3.05) is 11.5 Å². The van der Waals surface area contributed by atoms with E-state index in [9.17, 15) is 24.0 Å². The number of nitrogens with zero attached hydrogens (tertiary/aromatic N) is 1. The molecular formula is C28H19NO6. The number of rotatable bonds is 3. The number of hydrogen-bond acceptors (Lipinski definition) is 6. The monoisotopic (exact) mass is 465 g/mol. The van der Waals surface area contributed by atoms with E-state index in [1.54, 1.807) is 73.7 Å². The molecule has 3 aromatic carbocycles. The number of amides is 2. The lowest BCUT2D eigenvalue weighted by Crippen LogP contribution is -2.41. The molecule has 1 saturated carbocycles. The highest BCUT2D eigenvalue weighted by Gasteiger charge is 2.94. The average Bonchev–Trinajstić information content (AvgIpc) is 3.38. The highest BCUT2D eigenvalue weighted by Crippen LogP contribution is 2.77. The molecule has 1 heterocycles. The summed E-state index contributed by atoms with van der Waals surface area (Å²) < 4.78 is 5.28. The van der Waals surface area contributed by atoms with E-state index in [1.165, 1.54) is 12.1 Å². The second-order valence-corrected chi connectivity index (χ2v) is 8.83. The molecule has 2 amide bonds. The number of benzene rings is 3. The van der Waals surface area contributed by atoms with E-state index in [4.69, 9.17) is 4.74 Å². The number of para-hydroxylation sites is 1. The van der Waals surface area contributed by atoms with Gasteiger partial charge in [-0.05, 0) is 30.7 Å². The standard InChI is InChI=1S/C28H19NO6/c1-2-35-25(33)21-27(28(21)22(30)17-12-6-7-13-18(17)23(28)31)19-14-8-9-15-20(19)29(26(27)34)24(32)16-10-4-3-5-11-16/h3-15,21H,2H2,1H3. The summed E-state index contributed by atoms with van der Waals surface area (Å²) in [4.78, 5) is 69.9. The molecule has 0 N–H and O–H groups in total. The van der Waals surface area contributed by atoms with Crippen LogP contribution in [0, 0.1) is 11.3 Å². The van der Waals surface area contributed by atoms with Crippen molar-refractivity contribution < 1.29 is 28.7 Å². The molecule has 2 spiro atoms. The van der Waals surface area contributed by atoms with Gasteiger partial charge >= 0.3 is 5.97 Å². The molecule has 1 aliphatic heterocycles. The normalized spacial score (nSPS) is 22.9. The molecule has 7 nitrogen and oxygen atoms in total. The third kappa shape index (κ3) is 2.27. The van der Waals surface area contributed by atoms with Crippen LogP contribution in [0.25, 0.3) is 0 Å². The first-order valence-corrected chi connectivity index (χ1v) is 11.3. The average molecular weight is 465 g/mol. The van der Waals surface area contributed by atoms with Crippen molar-refractivity contribution in [3.05, 3.63) is 101 Å². The van der Waals surface area contributed by atoms with Crippen LogP contribution in [0.4, 0.5) is 5.69 Å². The fourth-order valence-corrected chi connectivity index (χ4v) is 6.06. The predicted molar refractivity (Wildman–Crippen MR) is 124 cm³/mol. The van der Waals surface area contributed by atoms with Gasteiger partial charge < -0.3 is 4.74 Å². The Morgan fingerprint density at radius 2 is 1.37 bits per heavy atom. The summed E-state index contributed by atoms with van der Waals surface area (Å²) in [5.41, 5.74) is -2.67. The number of carbonyl (C=O) groups is 5. The number of imide groups is 1. The molecule has 172 valence electrons. The van der Waals surface area contributed by atoms with Gasteiger partial charge in [0, 0.05) is 16.7 Å². The van der Waals surface area contributed by atoms with Gasteiger partial charge in [0.15, 0.2) is 11.6 Å². The first-order chi connectivity index (χ1) is 16.9. The highest BCUT2D eigenvalue weighted by molar-refractivity contribution is 6.42. The molecule has 2 atom stereocenters. The quantitative estimate of drug-likeness (QED) is 0.334. The number of hydrogen-bond donors (Lipinski definition) is 0. The van der Waals surface area contributed by atoms with E-state index < -0.39 is 46.1 Å². The summed E-state index contributed by atoms with van der Waals surface area (Å²) in [6.07, 6.45) is 0. The maximum absolute atomic E-state index is 14.3. The molecule has 0 aromatic heterocycles. The van der Waals surface area contributed by atoms with Gasteiger partial charge in [0.25, 0.3) is 5.91 Å². The third-order valence-electron chi connectivity index (χ3n) is 7.39. The Hall–Kier alpha value is -4.39. The summed E-state index contributed by atoms with van der Waals surface area (Å²) in [6.45, 7) is 1.63. The number of esters is 1. The van der Waals surface area contributed by atoms with Gasteiger partial charge in [-0.15, -0.1) is 0 Å². The van der Waals surface area contributed by atoms with Gasteiger partial charge in [-0.3, -0.25) is 24.0 Å². The maximum Gasteiger partial charge on any atom is 0.311 e. The van der Waals surface area contributed by atoms with Gasteiger partial charge in [-0.1, -0.05) is 60.7 Å². The summed E-state index contributed by atoms with van der Waals surface area (Å²) in [7, 11) is 0. The van der Waals surface area contributed by atoms with Gasteiger partial charge in [0.2, 0.25) is 5.91 Å². The molecule has 0 saturated heterocycles. The highest BCUT2D eigenvalue weighted by atomic mass is 16.5. The zero-order valence-electron chi connectivity index (χ0n) is 18.7. The summed E-state index contributed by atoms with van der Waals surface area (Å²) in [6, 6.07) is 21.1. The van der Waals surface area contributed by atoms with Crippen molar-refractivity contribution in [3.8, 4) is 0 Å². The number of fused-ring (bicyclic) bond motifs is 4. The maximum atomic E-state index is 14.3. The lowest BCUT2D eigenvalue weighted by atomic mass is 9.83. The van der Waals surface area contributed by atoms with E-state index in [-0.39, 0.29) is 29.0 Å². The van der Waals surface area contributed by atoms with E-state index in [0.29, 0.717) is 5.56 Å². The molecule has 3 aliphatic rings. The minimum absolute atomic E-state index is 0.0132. The number of carbonyl (C=O) groups excluding carboxylic acids is 5. The largest absolute Gasteiger partial charge is 0.466 e. The number of anilines is 1. The summed E-state index contributed by atoms with van der Waals surface area (Å²) in [5.74, 6) is -4.72. The first-order valence-electron chi connectivity index (χ1n) is 11.3. The Bertz CT molecular complexity index is 1440. The summed E-state index contributed by atoms with van der Waals surface area (Å²) >= 11 is 0. The van der Waals surface area contributed by atoms with Gasteiger partial charge in [-0.2, -0.15) is 0 Å². The molecular weight excluding hydrogens is 446 g/mol. The molecule has 0 bridgehead atoms. The number of Topliss-reactive ketones (excluding diaryl/α,β-unsaturated/α-hetero) is 2. The van der Waals surface area contributed by atoms with Crippen molar-refractivity contribution in [2.45, 2.75) is 12.3 Å². The predicted octanol–water partition coefficient (Wildman–Crippen LogP) is 3.37. The Labute approximate surface area is 200 Å². The van der Waals surface area contributed by atoms with E-state index in [2.05, 4.69) is 0 Å². The third-order valence-corrected chi connectivity index (χ3v) is 7.39. The van der Waals surface area contributed by atoms with Crippen LogP contribution in [-0.4, -0.2) is 36.0 Å². The fourth-order valence-electron chi connectivity index (χ4n) is 6.06. The van der Waals surface area contributed by atoms with Crippen LogP contribution in [0.3, 0.4) is 0 Å². The minimum Gasteiger partial charge on any atom is -0.466 e. The zero-order chi connectivity index (χ0) is 24.5. The van der Waals surface area contributed by atoms with Gasteiger partial charge in [-0.25, -0.2) is 4.90 Å². The van der Waals surface area contributed by atoms with E-state index >= 15 is 0 Å². The summed E-state index contributed by atoms with van der Waals surface area (Å²) in [5, 5.41) is 0. The Balaban J connectivity index is 1.61. The zero-order valence-corrected chi connectivity index (χ0v) is 18.7. The molecule has 3 aromatic rings. The van der Waals surface area contributed by atoms with E-state index in [0.717, 1.165) is 4.90 Å². The van der Waals surface area contributed by atoms with Crippen LogP contribution in [0.15, 0.2) is 78.9 Å². The van der Waals surface area contributed by atoms with Crippen molar-refractivity contribution >= 4 is 35.0 Å². The van der Waals surface area contributed by atoms with Gasteiger partial charge in [0.1, 0.15) is 10.8 Å². The Kier molecular flexibility index (Phi) is 4.27. The molecule has 7 heteroatoms. The first kappa shape index (κ1) is 21.2. The van der Waals surface area contributed by atoms with Crippen LogP contribution < -0.4 is 4.90 Å². The van der Waals surface area contributed by atoms with Crippen LogP contribution >= 0.6 is 0 Å². The van der Waals surface area contributed by atoms with Crippen molar-refractivity contribution in [3.63, 3.8) is 0 Å². The minimum atomic E-state index is -1.98. The van der Waals surface area contributed by atoms with E-state index in [1.807, 2.05) is 0 Å². The fraction of sp³-hybridized carbons (Fsp3) is 0.179. The van der Waals surface area contributed by atoms with Crippen molar-refractivity contribution in [1.29, 1.82) is 0 Å². The van der Waals surface area contributed by atoms with Crippen molar-refractivity contribution in [2.24, 2.45) is 11.3 Å². The number of ketones is 2. The lowest BCUT2D eigenvalue weighted by Gasteiger charge is -2.17. The van der Waals surface area contributed by atoms with Crippen LogP contribution in [0.1, 0.15) is 43.6 Å².